The molecule has 0 saturated heterocycles. The molecule has 0 bridgehead atoms. The molecule has 1 aromatic rings. The summed E-state index contributed by atoms with van der Waals surface area (Å²) in [4.78, 5) is 43.8. The van der Waals surface area contributed by atoms with E-state index in [1.165, 1.54) is 6.07 Å². The summed E-state index contributed by atoms with van der Waals surface area (Å²) >= 11 is 0. The first-order valence-corrected chi connectivity index (χ1v) is 11.1. The average molecular weight is 469 g/mol. The van der Waals surface area contributed by atoms with E-state index in [2.05, 4.69) is 5.16 Å². The number of allylic oxidation sites excluding steroid dienone is 2. The molecule has 0 aliphatic heterocycles. The predicted molar refractivity (Wildman–Crippen MR) is 121 cm³/mol. The quantitative estimate of drug-likeness (QED) is 0.298. The highest BCUT2D eigenvalue weighted by Gasteiger charge is 2.59. The monoisotopic (exact) mass is 469 g/mol. The molecule has 0 fully saturated rings. The first kappa shape index (κ1) is 23.7. The Balaban J connectivity index is 1.87. The fourth-order valence-corrected chi connectivity index (χ4v) is 5.30. The number of fused-ring (bicyclic) bond motifs is 3. The van der Waals surface area contributed by atoms with Gasteiger partial charge in [0.1, 0.15) is 28.9 Å². The van der Waals surface area contributed by atoms with Crippen molar-refractivity contribution in [1.29, 1.82) is 0 Å². The molecule has 0 saturated carbocycles. The summed E-state index contributed by atoms with van der Waals surface area (Å²) in [6, 6.07) is 2.98. The molecule has 0 amide bonds. The number of phenolic OH excluding ortho intramolecular Hbond substituents is 1. The van der Waals surface area contributed by atoms with Gasteiger partial charge >= 0.3 is 0 Å². The number of hydrogen-bond donors (Lipinski definition) is 4. The van der Waals surface area contributed by atoms with E-state index < -0.39 is 51.9 Å². The predicted octanol–water partition coefficient (Wildman–Crippen LogP) is 2.83. The van der Waals surface area contributed by atoms with Crippen molar-refractivity contribution in [3.63, 3.8) is 0 Å². The highest BCUT2D eigenvalue weighted by Crippen LogP contribution is 2.51. The van der Waals surface area contributed by atoms with Crippen LogP contribution in [0.2, 0.25) is 0 Å². The number of aromatic hydroxyl groups is 1. The van der Waals surface area contributed by atoms with Crippen LogP contribution in [-0.4, -0.2) is 55.2 Å². The van der Waals surface area contributed by atoms with Crippen LogP contribution in [0, 0.1) is 11.8 Å². The van der Waals surface area contributed by atoms with E-state index >= 15 is 0 Å². The fourth-order valence-electron chi connectivity index (χ4n) is 5.30. The van der Waals surface area contributed by atoms with Crippen molar-refractivity contribution < 1.29 is 39.6 Å². The number of rotatable bonds is 4. The number of aliphatic hydroxyl groups is 3. The highest BCUT2D eigenvalue weighted by molar-refractivity contribution is 6.25. The minimum absolute atomic E-state index is 0.0371. The number of hydrogen-bond acceptors (Lipinski definition) is 9. The van der Waals surface area contributed by atoms with Gasteiger partial charge in [-0.15, -0.1) is 0 Å². The van der Waals surface area contributed by atoms with Crippen LogP contribution in [0.3, 0.4) is 0 Å². The minimum Gasteiger partial charge on any atom is -0.511 e. The molecule has 4 N–H and O–H groups in total. The van der Waals surface area contributed by atoms with Crippen LogP contribution in [0.5, 0.6) is 5.75 Å². The molecule has 3 aliphatic rings. The molecule has 0 radical (unpaired) electrons. The van der Waals surface area contributed by atoms with E-state index in [0.29, 0.717) is 16.8 Å². The zero-order valence-corrected chi connectivity index (χ0v) is 19.4. The van der Waals surface area contributed by atoms with Gasteiger partial charge in [0.15, 0.2) is 17.2 Å². The molecule has 0 spiro atoms. The lowest BCUT2D eigenvalue weighted by atomic mass is 9.60. The SMILES string of the molecule is CC(=O)C1=C(O)CC2CC3Cc4c(/C(C)=N\OC(C)C)ccc(O)c4C(=O)C3=C(O)[C@]2(O)C1=O. The Labute approximate surface area is 196 Å². The summed E-state index contributed by atoms with van der Waals surface area (Å²) in [5.41, 5.74) is -1.65. The third kappa shape index (κ3) is 3.34. The molecule has 0 aromatic heterocycles. The second kappa shape index (κ2) is 8.09. The summed E-state index contributed by atoms with van der Waals surface area (Å²) < 4.78 is 0. The van der Waals surface area contributed by atoms with Crippen LogP contribution in [0.25, 0.3) is 0 Å². The molecule has 180 valence electrons. The number of ketones is 3. The number of oxime groups is 1. The summed E-state index contributed by atoms with van der Waals surface area (Å²) in [7, 11) is 0. The Morgan fingerprint density at radius 1 is 1.15 bits per heavy atom. The van der Waals surface area contributed by atoms with Gasteiger partial charge in [0.25, 0.3) is 0 Å². The minimum atomic E-state index is -2.50. The first-order valence-electron chi connectivity index (χ1n) is 11.1. The zero-order chi connectivity index (χ0) is 25.1. The topological polar surface area (TPSA) is 154 Å². The van der Waals surface area contributed by atoms with E-state index in [0.717, 1.165) is 6.92 Å². The van der Waals surface area contributed by atoms with Gasteiger partial charge in [-0.05, 0) is 64.2 Å². The maximum Gasteiger partial charge on any atom is 0.209 e. The van der Waals surface area contributed by atoms with Crippen molar-refractivity contribution in [2.24, 2.45) is 17.0 Å². The Morgan fingerprint density at radius 3 is 2.44 bits per heavy atom. The first-order chi connectivity index (χ1) is 15.9. The maximum atomic E-state index is 13.5. The fraction of sp³-hybridized carbons (Fsp3) is 0.440. The summed E-state index contributed by atoms with van der Waals surface area (Å²) in [5, 5.41) is 47.3. The van der Waals surface area contributed by atoms with Crippen molar-refractivity contribution in [1.82, 2.24) is 0 Å². The van der Waals surface area contributed by atoms with Crippen molar-refractivity contribution in [2.75, 3.05) is 0 Å². The standard InChI is InChI=1S/C25H27NO8/c1-10(2)34-26-11(3)15-5-6-17(28)21-16(15)8-13-7-14-9-18(29)19(12(4)27)23(31)25(14,33)24(32)20(13)22(21)30/h5-6,10,13-14,28-29,32-33H,7-9H2,1-4H3/b26-11-/t13?,14?,25-/m1/s1. The van der Waals surface area contributed by atoms with Crippen LogP contribution in [0.1, 0.15) is 62.0 Å². The van der Waals surface area contributed by atoms with Crippen LogP contribution in [0.15, 0.2) is 40.0 Å². The Kier molecular flexibility index (Phi) is 5.64. The molecule has 1 aromatic carbocycles. The van der Waals surface area contributed by atoms with Gasteiger partial charge in [-0.3, -0.25) is 14.4 Å². The summed E-state index contributed by atoms with van der Waals surface area (Å²) in [6.45, 7) is 6.44. The van der Waals surface area contributed by atoms with Gasteiger partial charge in [0.2, 0.25) is 5.78 Å². The van der Waals surface area contributed by atoms with E-state index in [-0.39, 0.29) is 42.3 Å². The third-order valence-corrected chi connectivity index (χ3v) is 6.84. The number of aliphatic hydroxyl groups excluding tert-OH is 2. The molecular formula is C25H27NO8. The smallest absolute Gasteiger partial charge is 0.209 e. The maximum absolute atomic E-state index is 13.5. The van der Waals surface area contributed by atoms with Crippen LogP contribution in [-0.2, 0) is 20.8 Å². The average Bonchev–Trinajstić information content (AvgIpc) is 2.74. The number of carbonyl (C=O) groups is 3. The van der Waals surface area contributed by atoms with E-state index in [1.807, 2.05) is 13.8 Å². The Bertz CT molecular complexity index is 1220. The van der Waals surface area contributed by atoms with Gasteiger partial charge in [0.05, 0.1) is 11.3 Å². The van der Waals surface area contributed by atoms with Gasteiger partial charge in [0, 0.05) is 23.5 Å². The second-order valence-corrected chi connectivity index (χ2v) is 9.42. The number of phenols is 1. The molecule has 4 rings (SSSR count). The number of benzene rings is 1. The van der Waals surface area contributed by atoms with Crippen LogP contribution < -0.4 is 0 Å². The lowest BCUT2D eigenvalue weighted by molar-refractivity contribution is -0.144. The number of Topliss-reactive ketones (excluding diaryl/α,β-unsaturated/α-hetero) is 3. The number of nitrogens with zero attached hydrogens (tertiary/aromatic N) is 1. The second-order valence-electron chi connectivity index (χ2n) is 9.42. The normalized spacial score (nSPS) is 26.9. The molecule has 3 atom stereocenters. The molecule has 9 heteroatoms. The Hall–Kier alpha value is -3.46. The molecule has 0 heterocycles. The summed E-state index contributed by atoms with van der Waals surface area (Å²) in [6.07, 6.45) is -0.0161. The largest absolute Gasteiger partial charge is 0.511 e. The van der Waals surface area contributed by atoms with E-state index in [9.17, 15) is 34.8 Å². The van der Waals surface area contributed by atoms with Crippen molar-refractivity contribution in [2.45, 2.75) is 58.7 Å². The lowest BCUT2D eigenvalue weighted by Gasteiger charge is -2.45. The molecule has 34 heavy (non-hydrogen) atoms. The van der Waals surface area contributed by atoms with Crippen LogP contribution >= 0.6 is 0 Å². The molecular weight excluding hydrogens is 442 g/mol. The molecule has 9 nitrogen and oxygen atoms in total. The highest BCUT2D eigenvalue weighted by atomic mass is 16.6. The van der Waals surface area contributed by atoms with Crippen molar-refractivity contribution in [3.05, 3.63) is 51.5 Å². The Morgan fingerprint density at radius 2 is 1.82 bits per heavy atom. The number of carbonyl (C=O) groups excluding carboxylic acids is 3. The zero-order valence-electron chi connectivity index (χ0n) is 19.4. The van der Waals surface area contributed by atoms with Crippen molar-refractivity contribution >= 4 is 23.1 Å². The van der Waals surface area contributed by atoms with Gasteiger partial charge < -0.3 is 25.3 Å². The van der Waals surface area contributed by atoms with E-state index in [4.69, 9.17) is 4.84 Å². The van der Waals surface area contributed by atoms with Gasteiger partial charge in [-0.2, -0.15) is 0 Å². The molecule has 2 unspecified atom stereocenters. The summed E-state index contributed by atoms with van der Waals surface area (Å²) in [5.74, 6) is -5.63. The van der Waals surface area contributed by atoms with Crippen LogP contribution in [0.4, 0.5) is 0 Å². The van der Waals surface area contributed by atoms with E-state index in [1.54, 1.807) is 13.0 Å². The molecule has 3 aliphatic carbocycles. The third-order valence-electron chi connectivity index (χ3n) is 6.84. The van der Waals surface area contributed by atoms with Crippen molar-refractivity contribution in [3.8, 4) is 5.75 Å². The van der Waals surface area contributed by atoms with Gasteiger partial charge in [-0.25, -0.2) is 0 Å². The lowest BCUT2D eigenvalue weighted by Crippen LogP contribution is -2.56. The van der Waals surface area contributed by atoms with Gasteiger partial charge in [-0.1, -0.05) is 5.16 Å².